The summed E-state index contributed by atoms with van der Waals surface area (Å²) in [6, 6.07) is 7.58. The summed E-state index contributed by atoms with van der Waals surface area (Å²) in [5, 5.41) is 24.7. The molecular weight excluding hydrogens is 356 g/mol. The third-order valence-electron chi connectivity index (χ3n) is 3.83. The standard InChI is InChI=1S/C15H18BrClN2O2/c1-10-14(17)13(19(2)18-10)7-15(8-20,9-21)11-3-5-12(16)6-4-11/h3-6,20-21H,7-9H2,1-2H3. The lowest BCUT2D eigenvalue weighted by molar-refractivity contribution is 0.115. The third kappa shape index (κ3) is 3.16. The van der Waals surface area contributed by atoms with Crippen LogP contribution >= 0.6 is 27.5 Å². The Hall–Kier alpha value is -0.880. The van der Waals surface area contributed by atoms with Gasteiger partial charge in [0.15, 0.2) is 0 Å². The summed E-state index contributed by atoms with van der Waals surface area (Å²) < 4.78 is 2.65. The molecule has 0 saturated heterocycles. The van der Waals surface area contributed by atoms with E-state index in [1.165, 1.54) is 0 Å². The van der Waals surface area contributed by atoms with Gasteiger partial charge in [0.05, 0.1) is 29.6 Å². The number of hydrogen-bond acceptors (Lipinski definition) is 3. The van der Waals surface area contributed by atoms with Gasteiger partial charge >= 0.3 is 0 Å². The highest BCUT2D eigenvalue weighted by Crippen LogP contribution is 2.32. The average molecular weight is 374 g/mol. The topological polar surface area (TPSA) is 58.3 Å². The molecule has 114 valence electrons. The van der Waals surface area contributed by atoms with Crippen LogP contribution in [0.5, 0.6) is 0 Å². The Morgan fingerprint density at radius 1 is 1.24 bits per heavy atom. The largest absolute Gasteiger partial charge is 0.395 e. The molecule has 0 amide bonds. The zero-order chi connectivity index (χ0) is 15.6. The van der Waals surface area contributed by atoms with Crippen LogP contribution in [0.4, 0.5) is 0 Å². The molecule has 0 aliphatic heterocycles. The van der Waals surface area contributed by atoms with Crippen LogP contribution in [-0.4, -0.2) is 33.2 Å². The third-order valence-corrected chi connectivity index (χ3v) is 4.85. The molecule has 1 aromatic carbocycles. The Morgan fingerprint density at radius 3 is 2.24 bits per heavy atom. The van der Waals surface area contributed by atoms with Crippen molar-refractivity contribution in [3.63, 3.8) is 0 Å². The van der Waals surface area contributed by atoms with Crippen molar-refractivity contribution in [2.24, 2.45) is 7.05 Å². The number of aryl methyl sites for hydroxylation is 2. The van der Waals surface area contributed by atoms with E-state index in [2.05, 4.69) is 21.0 Å². The van der Waals surface area contributed by atoms with Crippen LogP contribution in [0.3, 0.4) is 0 Å². The highest BCUT2D eigenvalue weighted by atomic mass is 79.9. The lowest BCUT2D eigenvalue weighted by Gasteiger charge is -2.30. The Bertz CT molecular complexity index is 621. The van der Waals surface area contributed by atoms with E-state index in [0.717, 1.165) is 21.4 Å². The quantitative estimate of drug-likeness (QED) is 0.847. The molecule has 4 nitrogen and oxygen atoms in total. The van der Waals surface area contributed by atoms with E-state index in [0.29, 0.717) is 11.4 Å². The van der Waals surface area contributed by atoms with Crippen molar-refractivity contribution in [2.45, 2.75) is 18.8 Å². The van der Waals surface area contributed by atoms with Crippen molar-refractivity contribution in [1.82, 2.24) is 9.78 Å². The van der Waals surface area contributed by atoms with Gasteiger partial charge in [0.25, 0.3) is 0 Å². The maximum atomic E-state index is 9.90. The van der Waals surface area contributed by atoms with Gasteiger partial charge in [-0.05, 0) is 24.6 Å². The number of rotatable bonds is 5. The van der Waals surface area contributed by atoms with Crippen LogP contribution in [0.2, 0.25) is 5.02 Å². The van der Waals surface area contributed by atoms with Crippen LogP contribution in [0.1, 0.15) is 17.0 Å². The van der Waals surface area contributed by atoms with Crippen LogP contribution in [0.25, 0.3) is 0 Å². The Labute approximate surface area is 137 Å². The summed E-state index contributed by atoms with van der Waals surface area (Å²) in [7, 11) is 1.81. The van der Waals surface area contributed by atoms with Crippen LogP contribution in [0.15, 0.2) is 28.7 Å². The molecule has 6 heteroatoms. The monoisotopic (exact) mass is 372 g/mol. The second-order valence-electron chi connectivity index (χ2n) is 5.25. The molecular formula is C15H18BrClN2O2. The van der Waals surface area contributed by atoms with Crippen molar-refractivity contribution in [2.75, 3.05) is 13.2 Å². The van der Waals surface area contributed by atoms with E-state index < -0.39 is 5.41 Å². The van der Waals surface area contributed by atoms with Gasteiger partial charge in [-0.1, -0.05) is 39.7 Å². The maximum absolute atomic E-state index is 9.90. The minimum absolute atomic E-state index is 0.175. The first-order valence-electron chi connectivity index (χ1n) is 6.59. The Balaban J connectivity index is 2.45. The first-order chi connectivity index (χ1) is 9.93. The van der Waals surface area contributed by atoms with E-state index in [4.69, 9.17) is 11.6 Å². The second-order valence-corrected chi connectivity index (χ2v) is 6.54. The second kappa shape index (κ2) is 6.48. The van der Waals surface area contributed by atoms with Gasteiger partial charge in [-0.3, -0.25) is 4.68 Å². The fraction of sp³-hybridized carbons (Fsp3) is 0.400. The summed E-state index contributed by atoms with van der Waals surface area (Å²) >= 11 is 9.68. The van der Waals surface area contributed by atoms with Crippen molar-refractivity contribution in [3.05, 3.63) is 50.7 Å². The van der Waals surface area contributed by atoms with E-state index in [1.807, 2.05) is 38.2 Å². The number of nitrogens with zero attached hydrogens (tertiary/aromatic N) is 2. The minimum Gasteiger partial charge on any atom is -0.395 e. The van der Waals surface area contributed by atoms with Crippen molar-refractivity contribution < 1.29 is 10.2 Å². The zero-order valence-corrected chi connectivity index (χ0v) is 14.3. The smallest absolute Gasteiger partial charge is 0.0847 e. The molecule has 0 aliphatic carbocycles. The van der Waals surface area contributed by atoms with Gasteiger partial charge in [0.1, 0.15) is 0 Å². The summed E-state index contributed by atoms with van der Waals surface area (Å²) in [5.41, 5.74) is 1.63. The molecule has 1 heterocycles. The molecule has 0 bridgehead atoms. The molecule has 0 aliphatic rings. The van der Waals surface area contributed by atoms with Crippen molar-refractivity contribution >= 4 is 27.5 Å². The molecule has 2 rings (SSSR count). The zero-order valence-electron chi connectivity index (χ0n) is 12.0. The predicted octanol–water partition coefficient (Wildman–Crippen LogP) is 2.61. The number of hydrogen-bond donors (Lipinski definition) is 2. The van der Waals surface area contributed by atoms with Crippen LogP contribution in [0, 0.1) is 6.92 Å². The van der Waals surface area contributed by atoms with Crippen molar-refractivity contribution in [3.8, 4) is 0 Å². The molecule has 0 unspecified atom stereocenters. The minimum atomic E-state index is -0.787. The molecule has 0 atom stereocenters. The molecule has 0 spiro atoms. The molecule has 2 N–H and O–H groups in total. The molecule has 1 aromatic heterocycles. The molecule has 21 heavy (non-hydrogen) atoms. The van der Waals surface area contributed by atoms with Crippen LogP contribution in [-0.2, 0) is 18.9 Å². The molecule has 2 aromatic rings. The summed E-state index contributed by atoms with van der Waals surface area (Å²) in [6.45, 7) is 1.49. The average Bonchev–Trinajstić information content (AvgIpc) is 2.72. The van der Waals surface area contributed by atoms with E-state index in [1.54, 1.807) is 4.68 Å². The van der Waals surface area contributed by atoms with Gasteiger partial charge in [0.2, 0.25) is 0 Å². The SMILES string of the molecule is Cc1nn(C)c(CC(CO)(CO)c2ccc(Br)cc2)c1Cl. The Morgan fingerprint density at radius 2 is 1.81 bits per heavy atom. The summed E-state index contributed by atoms with van der Waals surface area (Å²) in [4.78, 5) is 0. The van der Waals surface area contributed by atoms with Gasteiger partial charge in [0, 0.05) is 23.4 Å². The normalized spacial score (nSPS) is 11.9. The van der Waals surface area contributed by atoms with Gasteiger partial charge in [-0.25, -0.2) is 0 Å². The summed E-state index contributed by atoms with van der Waals surface area (Å²) in [6.07, 6.45) is 0.414. The maximum Gasteiger partial charge on any atom is 0.0847 e. The number of halogens is 2. The lowest BCUT2D eigenvalue weighted by Crippen LogP contribution is -2.38. The van der Waals surface area contributed by atoms with E-state index >= 15 is 0 Å². The molecule has 0 radical (unpaired) electrons. The lowest BCUT2D eigenvalue weighted by atomic mass is 9.78. The fourth-order valence-electron chi connectivity index (χ4n) is 2.44. The van der Waals surface area contributed by atoms with Crippen molar-refractivity contribution in [1.29, 1.82) is 0 Å². The first kappa shape index (κ1) is 16.5. The first-order valence-corrected chi connectivity index (χ1v) is 7.76. The fourth-order valence-corrected chi connectivity index (χ4v) is 2.93. The van der Waals surface area contributed by atoms with Crippen LogP contribution < -0.4 is 0 Å². The summed E-state index contributed by atoms with van der Waals surface area (Å²) in [5.74, 6) is 0. The number of benzene rings is 1. The van der Waals surface area contributed by atoms with E-state index in [9.17, 15) is 10.2 Å². The van der Waals surface area contributed by atoms with E-state index in [-0.39, 0.29) is 13.2 Å². The number of aromatic nitrogens is 2. The van der Waals surface area contributed by atoms with Gasteiger partial charge in [-0.2, -0.15) is 5.10 Å². The molecule has 0 fully saturated rings. The Kier molecular flexibility index (Phi) is 5.09. The highest BCUT2D eigenvalue weighted by molar-refractivity contribution is 9.10. The molecule has 0 saturated carbocycles. The number of aliphatic hydroxyl groups excluding tert-OH is 2. The van der Waals surface area contributed by atoms with Gasteiger partial charge < -0.3 is 10.2 Å². The number of aliphatic hydroxyl groups is 2. The highest BCUT2D eigenvalue weighted by Gasteiger charge is 2.33. The predicted molar refractivity (Wildman–Crippen MR) is 86.7 cm³/mol. The van der Waals surface area contributed by atoms with Gasteiger partial charge in [-0.15, -0.1) is 0 Å².